The highest BCUT2D eigenvalue weighted by Gasteiger charge is 2.30. The van der Waals surface area contributed by atoms with Crippen molar-refractivity contribution in [3.63, 3.8) is 0 Å². The first-order valence-corrected chi connectivity index (χ1v) is 3.20. The molecule has 0 unspecified atom stereocenters. The van der Waals surface area contributed by atoms with E-state index in [-0.39, 0.29) is 18.2 Å². The van der Waals surface area contributed by atoms with Crippen LogP contribution in [0.5, 0.6) is 0 Å². The number of hydrogen-bond donors (Lipinski definition) is 2. The molecule has 3 N–H and O–H groups in total. The lowest BCUT2D eigenvalue weighted by Gasteiger charge is -2.10. The van der Waals surface area contributed by atoms with E-state index in [1.54, 1.807) is 7.11 Å². The molecule has 0 radical (unpaired) electrons. The summed E-state index contributed by atoms with van der Waals surface area (Å²) in [6.07, 6.45) is 1.10. The SMILES string of the molecule is CO[C@@H]1C[C@@H](N)C[C@H]1O. The van der Waals surface area contributed by atoms with Crippen LogP contribution in [0, 0.1) is 0 Å². The van der Waals surface area contributed by atoms with Gasteiger partial charge in [-0.25, -0.2) is 0 Å². The molecule has 0 spiro atoms. The van der Waals surface area contributed by atoms with Crippen molar-refractivity contribution in [1.29, 1.82) is 0 Å². The summed E-state index contributed by atoms with van der Waals surface area (Å²) in [6, 6.07) is 0.130. The molecule has 1 saturated carbocycles. The van der Waals surface area contributed by atoms with Crippen LogP contribution in [-0.2, 0) is 4.74 Å². The van der Waals surface area contributed by atoms with Crippen LogP contribution < -0.4 is 5.73 Å². The average molecular weight is 131 g/mol. The van der Waals surface area contributed by atoms with E-state index >= 15 is 0 Å². The van der Waals surface area contributed by atoms with Crippen LogP contribution in [0.4, 0.5) is 0 Å². The molecule has 54 valence electrons. The van der Waals surface area contributed by atoms with Crippen LogP contribution in [-0.4, -0.2) is 30.5 Å². The van der Waals surface area contributed by atoms with Crippen LogP contribution in [0.15, 0.2) is 0 Å². The second-order valence-corrected chi connectivity index (χ2v) is 2.57. The van der Waals surface area contributed by atoms with Crippen molar-refractivity contribution in [2.45, 2.75) is 31.1 Å². The zero-order chi connectivity index (χ0) is 6.85. The normalized spacial score (nSPS) is 43.7. The van der Waals surface area contributed by atoms with Crippen molar-refractivity contribution in [2.75, 3.05) is 7.11 Å². The molecule has 0 heterocycles. The zero-order valence-electron chi connectivity index (χ0n) is 5.58. The summed E-state index contributed by atoms with van der Waals surface area (Å²) in [7, 11) is 1.60. The molecule has 0 amide bonds. The van der Waals surface area contributed by atoms with Gasteiger partial charge in [0.25, 0.3) is 0 Å². The number of methoxy groups -OCH3 is 1. The summed E-state index contributed by atoms with van der Waals surface area (Å²) in [5, 5.41) is 9.15. The second-order valence-electron chi connectivity index (χ2n) is 2.57. The molecule has 1 rings (SSSR count). The van der Waals surface area contributed by atoms with Crippen molar-refractivity contribution in [2.24, 2.45) is 5.73 Å². The van der Waals surface area contributed by atoms with E-state index in [9.17, 15) is 0 Å². The van der Waals surface area contributed by atoms with Crippen molar-refractivity contribution in [3.05, 3.63) is 0 Å². The molecule has 1 aliphatic rings. The van der Waals surface area contributed by atoms with Gasteiger partial charge in [-0.1, -0.05) is 0 Å². The monoisotopic (exact) mass is 131 g/mol. The molecule has 9 heavy (non-hydrogen) atoms. The van der Waals surface area contributed by atoms with Gasteiger partial charge in [-0.05, 0) is 12.8 Å². The smallest absolute Gasteiger partial charge is 0.0845 e. The van der Waals surface area contributed by atoms with Crippen LogP contribution in [0.25, 0.3) is 0 Å². The molecule has 0 aromatic rings. The summed E-state index contributed by atoms with van der Waals surface area (Å²) >= 11 is 0. The Bertz CT molecular complexity index is 97.1. The fraction of sp³-hybridized carbons (Fsp3) is 1.00. The Balaban J connectivity index is 2.38. The Morgan fingerprint density at radius 3 is 2.44 bits per heavy atom. The third-order valence-electron chi connectivity index (χ3n) is 1.81. The number of hydrogen-bond acceptors (Lipinski definition) is 3. The van der Waals surface area contributed by atoms with E-state index in [0.717, 1.165) is 6.42 Å². The topological polar surface area (TPSA) is 55.5 Å². The fourth-order valence-electron chi connectivity index (χ4n) is 1.27. The van der Waals surface area contributed by atoms with Gasteiger partial charge in [-0.3, -0.25) is 0 Å². The summed E-state index contributed by atoms with van der Waals surface area (Å²) < 4.78 is 4.96. The zero-order valence-corrected chi connectivity index (χ0v) is 5.58. The Hall–Kier alpha value is -0.120. The lowest BCUT2D eigenvalue weighted by atomic mass is 10.3. The standard InChI is InChI=1S/C6H13NO2/c1-9-6-3-4(7)2-5(6)8/h4-6,8H,2-3,7H2,1H3/t4-,5+,6+/m0/s1. The van der Waals surface area contributed by atoms with Gasteiger partial charge >= 0.3 is 0 Å². The lowest BCUT2D eigenvalue weighted by Crippen LogP contribution is -2.20. The van der Waals surface area contributed by atoms with Crippen LogP contribution in [0.1, 0.15) is 12.8 Å². The summed E-state index contributed by atoms with van der Waals surface area (Å²) in [5.74, 6) is 0. The first-order valence-electron chi connectivity index (χ1n) is 3.20. The molecule has 1 aliphatic carbocycles. The number of rotatable bonds is 1. The molecular weight excluding hydrogens is 118 g/mol. The third kappa shape index (κ3) is 1.41. The number of nitrogens with two attached hydrogens (primary N) is 1. The maximum atomic E-state index is 9.15. The van der Waals surface area contributed by atoms with Crippen molar-refractivity contribution in [1.82, 2.24) is 0 Å². The first-order chi connectivity index (χ1) is 4.24. The van der Waals surface area contributed by atoms with Gasteiger partial charge < -0.3 is 15.6 Å². The molecule has 3 nitrogen and oxygen atoms in total. The Morgan fingerprint density at radius 2 is 2.22 bits per heavy atom. The maximum absolute atomic E-state index is 9.15. The quantitative estimate of drug-likeness (QED) is 0.503. The number of aliphatic hydroxyl groups excluding tert-OH is 1. The summed E-state index contributed by atoms with van der Waals surface area (Å²) in [6.45, 7) is 0. The predicted octanol–water partition coefficient (Wildman–Crippen LogP) is -0.517. The molecule has 0 bridgehead atoms. The summed E-state index contributed by atoms with van der Waals surface area (Å²) in [4.78, 5) is 0. The lowest BCUT2D eigenvalue weighted by molar-refractivity contribution is 0.00981. The highest BCUT2D eigenvalue weighted by Crippen LogP contribution is 2.19. The van der Waals surface area contributed by atoms with Crippen molar-refractivity contribution in [3.8, 4) is 0 Å². The van der Waals surface area contributed by atoms with Gasteiger partial charge in [0.1, 0.15) is 0 Å². The first kappa shape index (κ1) is 6.99. The van der Waals surface area contributed by atoms with Gasteiger partial charge in [-0.2, -0.15) is 0 Å². The van der Waals surface area contributed by atoms with E-state index in [2.05, 4.69) is 0 Å². The minimum absolute atomic E-state index is 0.0278. The van der Waals surface area contributed by atoms with E-state index in [1.807, 2.05) is 0 Å². The second kappa shape index (κ2) is 2.64. The number of ether oxygens (including phenoxy) is 1. The Labute approximate surface area is 54.8 Å². The molecule has 0 aliphatic heterocycles. The molecule has 0 saturated heterocycles. The fourth-order valence-corrected chi connectivity index (χ4v) is 1.27. The van der Waals surface area contributed by atoms with Crippen LogP contribution in [0.3, 0.4) is 0 Å². The predicted molar refractivity (Wildman–Crippen MR) is 34.0 cm³/mol. The van der Waals surface area contributed by atoms with Gasteiger partial charge in [-0.15, -0.1) is 0 Å². The van der Waals surface area contributed by atoms with E-state index in [0.29, 0.717) is 6.42 Å². The minimum atomic E-state index is -0.343. The summed E-state index contributed by atoms with van der Waals surface area (Å²) in [5.41, 5.74) is 5.55. The average Bonchev–Trinajstić information content (AvgIpc) is 2.10. The van der Waals surface area contributed by atoms with Crippen LogP contribution in [0.2, 0.25) is 0 Å². The Kier molecular flexibility index (Phi) is 2.05. The minimum Gasteiger partial charge on any atom is -0.390 e. The maximum Gasteiger partial charge on any atom is 0.0845 e. The van der Waals surface area contributed by atoms with Crippen LogP contribution >= 0.6 is 0 Å². The van der Waals surface area contributed by atoms with Gasteiger partial charge in [0, 0.05) is 13.2 Å². The Morgan fingerprint density at radius 1 is 1.56 bits per heavy atom. The molecular formula is C6H13NO2. The number of aliphatic hydroxyl groups is 1. The van der Waals surface area contributed by atoms with Crippen molar-refractivity contribution < 1.29 is 9.84 Å². The molecule has 1 fully saturated rings. The van der Waals surface area contributed by atoms with E-state index in [4.69, 9.17) is 15.6 Å². The molecule has 0 aromatic carbocycles. The van der Waals surface area contributed by atoms with E-state index in [1.165, 1.54) is 0 Å². The van der Waals surface area contributed by atoms with Crippen molar-refractivity contribution >= 4 is 0 Å². The van der Waals surface area contributed by atoms with Gasteiger partial charge in [0.05, 0.1) is 12.2 Å². The highest BCUT2D eigenvalue weighted by molar-refractivity contribution is 4.85. The molecule has 3 heteroatoms. The highest BCUT2D eigenvalue weighted by atomic mass is 16.5. The van der Waals surface area contributed by atoms with Gasteiger partial charge in [0.15, 0.2) is 0 Å². The van der Waals surface area contributed by atoms with Gasteiger partial charge in [0.2, 0.25) is 0 Å². The third-order valence-corrected chi connectivity index (χ3v) is 1.81. The molecule has 0 aromatic heterocycles. The van der Waals surface area contributed by atoms with E-state index < -0.39 is 0 Å². The molecule has 3 atom stereocenters. The largest absolute Gasteiger partial charge is 0.390 e.